The average Bonchev–Trinajstić information content (AvgIpc) is 2.26. The van der Waals surface area contributed by atoms with Gasteiger partial charge >= 0.3 is 5.97 Å². The van der Waals surface area contributed by atoms with E-state index in [4.69, 9.17) is 9.84 Å². The van der Waals surface area contributed by atoms with Crippen LogP contribution in [-0.4, -0.2) is 40.6 Å². The van der Waals surface area contributed by atoms with Crippen LogP contribution in [-0.2, 0) is 14.3 Å². The first-order valence-electron chi connectivity index (χ1n) is 5.03. The minimum absolute atomic E-state index is 0.176. The molecular formula is C11H13NO4. The Balaban J connectivity index is 2.41. The Morgan fingerprint density at radius 2 is 2.38 bits per heavy atom. The Kier molecular flexibility index (Phi) is 2.26. The lowest BCUT2D eigenvalue weighted by Crippen LogP contribution is -2.60. The van der Waals surface area contributed by atoms with Crippen LogP contribution in [0, 0.1) is 0 Å². The number of aliphatic carboxylic acids is 1. The van der Waals surface area contributed by atoms with E-state index in [1.54, 1.807) is 19.2 Å². The third-order valence-electron chi connectivity index (χ3n) is 3.01. The summed E-state index contributed by atoms with van der Waals surface area (Å²) < 4.78 is 5.34. The molecular weight excluding hydrogens is 210 g/mol. The highest BCUT2D eigenvalue weighted by Gasteiger charge is 2.52. The molecule has 1 amide bonds. The molecule has 1 heterocycles. The minimum Gasteiger partial charge on any atom is -0.478 e. The second kappa shape index (κ2) is 3.37. The van der Waals surface area contributed by atoms with E-state index in [9.17, 15) is 9.59 Å². The number of likely N-dealkylation sites (N-methyl/N-ethyl adjacent to an activating group) is 1. The van der Waals surface area contributed by atoms with Gasteiger partial charge in [-0.05, 0) is 19.4 Å². The van der Waals surface area contributed by atoms with E-state index in [-0.39, 0.29) is 6.04 Å². The number of amides is 1. The maximum atomic E-state index is 11.9. The molecule has 0 aromatic rings. The van der Waals surface area contributed by atoms with Crippen molar-refractivity contribution in [2.45, 2.75) is 25.0 Å². The van der Waals surface area contributed by atoms with E-state index >= 15 is 0 Å². The maximum absolute atomic E-state index is 11.9. The van der Waals surface area contributed by atoms with Gasteiger partial charge in [-0.15, -0.1) is 0 Å². The molecule has 0 radical (unpaired) electrons. The molecule has 5 heteroatoms. The number of hydrogen-bond donors (Lipinski definition) is 1. The molecule has 0 bridgehead atoms. The lowest BCUT2D eigenvalue weighted by Gasteiger charge is -2.42. The van der Waals surface area contributed by atoms with Crippen LogP contribution in [0.2, 0.25) is 0 Å². The number of hydrogen-bond acceptors (Lipinski definition) is 3. The van der Waals surface area contributed by atoms with Crippen molar-refractivity contribution in [1.29, 1.82) is 0 Å². The van der Waals surface area contributed by atoms with Gasteiger partial charge in [0.1, 0.15) is 5.76 Å². The molecule has 86 valence electrons. The van der Waals surface area contributed by atoms with Crippen LogP contribution in [0.5, 0.6) is 0 Å². The van der Waals surface area contributed by atoms with Crippen molar-refractivity contribution in [3.05, 3.63) is 24.0 Å². The predicted molar refractivity (Wildman–Crippen MR) is 55.5 cm³/mol. The number of ether oxygens (including phenoxy) is 1. The summed E-state index contributed by atoms with van der Waals surface area (Å²) in [5.41, 5.74) is -1.80. The zero-order valence-electron chi connectivity index (χ0n) is 9.14. The summed E-state index contributed by atoms with van der Waals surface area (Å²) in [6, 6.07) is -0.176. The Morgan fingerprint density at radius 3 is 3.00 bits per heavy atom. The van der Waals surface area contributed by atoms with E-state index in [1.807, 2.05) is 6.08 Å². The van der Waals surface area contributed by atoms with E-state index in [0.717, 1.165) is 0 Å². The van der Waals surface area contributed by atoms with Crippen LogP contribution in [0.15, 0.2) is 24.0 Å². The number of nitrogens with zero attached hydrogens (tertiary/aromatic N) is 1. The summed E-state index contributed by atoms with van der Waals surface area (Å²) in [6.07, 6.45) is 6.09. The first kappa shape index (κ1) is 10.7. The molecule has 2 aliphatic rings. The summed E-state index contributed by atoms with van der Waals surface area (Å²) in [7, 11) is 1.60. The van der Waals surface area contributed by atoms with Gasteiger partial charge in [-0.3, -0.25) is 4.79 Å². The van der Waals surface area contributed by atoms with Crippen molar-refractivity contribution in [3.63, 3.8) is 0 Å². The molecule has 5 nitrogen and oxygen atoms in total. The van der Waals surface area contributed by atoms with Gasteiger partial charge in [0.2, 0.25) is 0 Å². The first-order chi connectivity index (χ1) is 7.47. The van der Waals surface area contributed by atoms with Crippen LogP contribution in [0.25, 0.3) is 0 Å². The summed E-state index contributed by atoms with van der Waals surface area (Å²) in [5, 5.41) is 9.06. The van der Waals surface area contributed by atoms with Crippen molar-refractivity contribution in [2.75, 3.05) is 7.05 Å². The number of fused-ring (bicyclic) bond motifs is 1. The fourth-order valence-corrected chi connectivity index (χ4v) is 1.94. The molecule has 0 aromatic heterocycles. The number of carbonyl (C=O) groups is 2. The SMILES string of the molecule is CN1C(=O)C(C)(C(=O)O)OC2=CC=CCC21. The topological polar surface area (TPSA) is 66.8 Å². The summed E-state index contributed by atoms with van der Waals surface area (Å²) in [4.78, 5) is 24.4. The normalized spacial score (nSPS) is 32.9. The van der Waals surface area contributed by atoms with E-state index in [0.29, 0.717) is 12.2 Å². The van der Waals surface area contributed by atoms with Crippen LogP contribution in [0.4, 0.5) is 0 Å². The van der Waals surface area contributed by atoms with Gasteiger partial charge in [0.15, 0.2) is 0 Å². The number of carboxylic acid groups (broad SMARTS) is 1. The second-order valence-electron chi connectivity index (χ2n) is 4.11. The van der Waals surface area contributed by atoms with Crippen LogP contribution < -0.4 is 0 Å². The van der Waals surface area contributed by atoms with Crippen LogP contribution in [0.1, 0.15) is 13.3 Å². The predicted octanol–water partition coefficient (Wildman–Crippen LogP) is 0.531. The highest BCUT2D eigenvalue weighted by Crippen LogP contribution is 2.32. The van der Waals surface area contributed by atoms with Gasteiger partial charge in [0.25, 0.3) is 11.5 Å². The fourth-order valence-electron chi connectivity index (χ4n) is 1.94. The van der Waals surface area contributed by atoms with Gasteiger partial charge in [-0.2, -0.15) is 0 Å². The van der Waals surface area contributed by atoms with Gasteiger partial charge in [0.05, 0.1) is 6.04 Å². The lowest BCUT2D eigenvalue weighted by molar-refractivity contribution is -0.180. The average molecular weight is 223 g/mol. The molecule has 1 aliphatic heterocycles. The highest BCUT2D eigenvalue weighted by molar-refractivity contribution is 6.05. The fraction of sp³-hybridized carbons (Fsp3) is 0.455. The summed E-state index contributed by atoms with van der Waals surface area (Å²) >= 11 is 0. The third kappa shape index (κ3) is 1.31. The van der Waals surface area contributed by atoms with Gasteiger partial charge in [-0.25, -0.2) is 4.79 Å². The lowest BCUT2D eigenvalue weighted by atomic mass is 9.96. The number of morpholine rings is 1. The first-order valence-corrected chi connectivity index (χ1v) is 5.03. The highest BCUT2D eigenvalue weighted by atomic mass is 16.5. The molecule has 1 fully saturated rings. The van der Waals surface area contributed by atoms with Gasteiger partial charge in [0, 0.05) is 7.05 Å². The third-order valence-corrected chi connectivity index (χ3v) is 3.01. The van der Waals surface area contributed by atoms with Crippen molar-refractivity contribution in [3.8, 4) is 0 Å². The maximum Gasteiger partial charge on any atom is 0.357 e. The minimum atomic E-state index is -1.80. The van der Waals surface area contributed by atoms with E-state index < -0.39 is 17.5 Å². The van der Waals surface area contributed by atoms with Crippen LogP contribution in [0.3, 0.4) is 0 Å². The zero-order chi connectivity index (χ0) is 11.9. The molecule has 1 N–H and O–H groups in total. The van der Waals surface area contributed by atoms with Crippen molar-refractivity contribution in [2.24, 2.45) is 0 Å². The number of rotatable bonds is 1. The standard InChI is InChI=1S/C11H13NO4/c1-11(10(14)15)9(13)12(2)7-5-3-4-6-8(7)16-11/h3-4,6-7H,5H2,1-2H3,(H,14,15). The molecule has 16 heavy (non-hydrogen) atoms. The molecule has 0 aromatic carbocycles. The monoisotopic (exact) mass is 223 g/mol. The van der Waals surface area contributed by atoms with E-state index in [1.165, 1.54) is 11.8 Å². The van der Waals surface area contributed by atoms with Crippen molar-refractivity contribution >= 4 is 11.9 Å². The molecule has 0 spiro atoms. The Morgan fingerprint density at radius 1 is 1.69 bits per heavy atom. The molecule has 2 atom stereocenters. The molecule has 2 rings (SSSR count). The Hall–Kier alpha value is -1.78. The number of carbonyl (C=O) groups excluding carboxylic acids is 1. The largest absolute Gasteiger partial charge is 0.478 e. The van der Waals surface area contributed by atoms with Gasteiger partial charge < -0.3 is 14.7 Å². The molecule has 0 saturated carbocycles. The molecule has 1 saturated heterocycles. The summed E-state index contributed by atoms with van der Waals surface area (Å²) in [5.74, 6) is -1.25. The van der Waals surface area contributed by atoms with Gasteiger partial charge in [-0.1, -0.05) is 12.2 Å². The molecule has 1 aliphatic carbocycles. The van der Waals surface area contributed by atoms with Crippen molar-refractivity contribution < 1.29 is 19.4 Å². The summed E-state index contributed by atoms with van der Waals surface area (Å²) in [6.45, 7) is 1.28. The van der Waals surface area contributed by atoms with Crippen molar-refractivity contribution in [1.82, 2.24) is 4.90 Å². The molecule has 2 unspecified atom stereocenters. The number of carboxylic acids is 1. The second-order valence-corrected chi connectivity index (χ2v) is 4.11. The number of allylic oxidation sites excluding steroid dienone is 2. The Bertz CT molecular complexity index is 412. The Labute approximate surface area is 93.0 Å². The van der Waals surface area contributed by atoms with Crippen LogP contribution >= 0.6 is 0 Å². The smallest absolute Gasteiger partial charge is 0.357 e. The zero-order valence-corrected chi connectivity index (χ0v) is 9.14. The quantitative estimate of drug-likeness (QED) is 0.658. The van der Waals surface area contributed by atoms with E-state index in [2.05, 4.69) is 0 Å².